The highest BCUT2D eigenvalue weighted by molar-refractivity contribution is 9.10. The van der Waals surface area contributed by atoms with Crippen molar-refractivity contribution in [2.24, 2.45) is 4.99 Å². The van der Waals surface area contributed by atoms with E-state index < -0.39 is 11.4 Å². The van der Waals surface area contributed by atoms with Crippen LogP contribution in [0.4, 0.5) is 15.8 Å². The number of likely N-dealkylation sites (N-methyl/N-ethyl adjacent to an activating group) is 1. The quantitative estimate of drug-likeness (QED) is 0.754. The Hall–Kier alpha value is -2.21. The average molecular weight is 390 g/mol. The number of anilines is 2. The van der Waals surface area contributed by atoms with E-state index in [1.807, 2.05) is 0 Å². The topological polar surface area (TPSA) is 58.7 Å². The summed E-state index contributed by atoms with van der Waals surface area (Å²) in [6.45, 7) is 3.44. The van der Waals surface area contributed by atoms with Crippen LogP contribution in [-0.2, 0) is 4.79 Å². The standard InChI is InChI=1S/C18H17BrFN3O/c1-18(2)17(24)23(3)13-9-8-12(21)15(19)14(13)16(22-18)10-6-4-5-7-11(10)20/h4-9H,21H2,1-3H3. The largest absolute Gasteiger partial charge is 0.398 e. The van der Waals surface area contributed by atoms with Gasteiger partial charge in [-0.25, -0.2) is 4.39 Å². The van der Waals surface area contributed by atoms with E-state index in [2.05, 4.69) is 20.9 Å². The molecule has 6 heteroatoms. The molecule has 0 saturated carbocycles. The lowest BCUT2D eigenvalue weighted by Crippen LogP contribution is -2.41. The van der Waals surface area contributed by atoms with Gasteiger partial charge in [0.05, 0.1) is 15.9 Å². The first-order valence-corrected chi connectivity index (χ1v) is 8.24. The van der Waals surface area contributed by atoms with E-state index >= 15 is 0 Å². The van der Waals surface area contributed by atoms with Crippen molar-refractivity contribution in [1.29, 1.82) is 0 Å². The summed E-state index contributed by atoms with van der Waals surface area (Å²) in [6, 6.07) is 9.85. The van der Waals surface area contributed by atoms with Crippen LogP contribution in [0.25, 0.3) is 0 Å². The van der Waals surface area contributed by atoms with E-state index in [0.717, 1.165) is 0 Å². The van der Waals surface area contributed by atoms with Crippen LogP contribution in [0.1, 0.15) is 25.0 Å². The molecule has 0 unspecified atom stereocenters. The van der Waals surface area contributed by atoms with Crippen LogP contribution in [0.15, 0.2) is 45.9 Å². The minimum atomic E-state index is -1.03. The first kappa shape index (κ1) is 16.6. The van der Waals surface area contributed by atoms with E-state index in [9.17, 15) is 9.18 Å². The molecule has 2 N–H and O–H groups in total. The van der Waals surface area contributed by atoms with Crippen molar-refractivity contribution in [3.63, 3.8) is 0 Å². The minimum Gasteiger partial charge on any atom is -0.398 e. The number of fused-ring (bicyclic) bond motifs is 1. The number of amides is 1. The van der Waals surface area contributed by atoms with Crippen LogP contribution >= 0.6 is 15.9 Å². The number of benzodiazepines with no additional fused rings is 1. The smallest absolute Gasteiger partial charge is 0.254 e. The van der Waals surface area contributed by atoms with Crippen molar-refractivity contribution < 1.29 is 9.18 Å². The maximum atomic E-state index is 14.5. The highest BCUT2D eigenvalue weighted by Crippen LogP contribution is 2.38. The van der Waals surface area contributed by atoms with Crippen molar-refractivity contribution in [3.05, 3.63) is 57.8 Å². The zero-order chi connectivity index (χ0) is 17.6. The number of rotatable bonds is 1. The maximum Gasteiger partial charge on any atom is 0.254 e. The Morgan fingerprint density at radius 1 is 1.21 bits per heavy atom. The highest BCUT2D eigenvalue weighted by atomic mass is 79.9. The number of halogens is 2. The predicted octanol–water partition coefficient (Wildman–Crippen LogP) is 3.76. The lowest BCUT2D eigenvalue weighted by Gasteiger charge is -2.24. The molecule has 0 saturated heterocycles. The SMILES string of the molecule is CN1C(=O)C(C)(C)N=C(c2ccccc2F)c2c1ccc(N)c2Br. The van der Waals surface area contributed by atoms with Crippen LogP contribution in [0, 0.1) is 5.82 Å². The molecule has 4 nitrogen and oxygen atoms in total. The number of nitrogens with zero attached hydrogens (tertiary/aromatic N) is 2. The number of nitrogen functional groups attached to an aromatic ring is 1. The lowest BCUT2D eigenvalue weighted by molar-refractivity contribution is -0.122. The lowest BCUT2D eigenvalue weighted by atomic mass is 9.98. The molecule has 3 rings (SSSR count). The van der Waals surface area contributed by atoms with Gasteiger partial charge in [-0.05, 0) is 54.0 Å². The molecule has 0 radical (unpaired) electrons. The van der Waals surface area contributed by atoms with Gasteiger partial charge in [0.25, 0.3) is 5.91 Å². The van der Waals surface area contributed by atoms with Crippen LogP contribution in [-0.4, -0.2) is 24.2 Å². The molecular weight excluding hydrogens is 373 g/mol. The highest BCUT2D eigenvalue weighted by Gasteiger charge is 2.37. The number of benzene rings is 2. The Morgan fingerprint density at radius 2 is 1.88 bits per heavy atom. The Labute approximate surface area is 148 Å². The summed E-state index contributed by atoms with van der Waals surface area (Å²) in [4.78, 5) is 18.9. The Balaban J connectivity index is 2.42. The van der Waals surface area contributed by atoms with E-state index in [0.29, 0.717) is 32.7 Å². The Morgan fingerprint density at radius 3 is 2.54 bits per heavy atom. The van der Waals surface area contributed by atoms with E-state index in [4.69, 9.17) is 5.73 Å². The fourth-order valence-corrected chi connectivity index (χ4v) is 3.36. The number of hydrogen-bond acceptors (Lipinski definition) is 3. The van der Waals surface area contributed by atoms with Crippen LogP contribution in [0.5, 0.6) is 0 Å². The summed E-state index contributed by atoms with van der Waals surface area (Å²) in [7, 11) is 1.69. The molecule has 0 aliphatic carbocycles. The normalized spacial score (nSPS) is 16.5. The molecule has 0 spiro atoms. The minimum absolute atomic E-state index is 0.174. The van der Waals surface area contributed by atoms with Crippen LogP contribution in [0.3, 0.4) is 0 Å². The summed E-state index contributed by atoms with van der Waals surface area (Å²) in [6.07, 6.45) is 0. The molecule has 0 fully saturated rings. The van der Waals surface area contributed by atoms with E-state index in [1.165, 1.54) is 11.0 Å². The number of nitrogens with two attached hydrogens (primary N) is 1. The molecule has 0 atom stereocenters. The predicted molar refractivity (Wildman–Crippen MR) is 98.1 cm³/mol. The molecule has 124 valence electrons. The van der Waals surface area contributed by atoms with Gasteiger partial charge in [0.2, 0.25) is 0 Å². The maximum absolute atomic E-state index is 14.5. The van der Waals surface area contributed by atoms with E-state index in [1.54, 1.807) is 51.2 Å². The van der Waals surface area contributed by atoms with Crippen molar-refractivity contribution >= 4 is 38.9 Å². The van der Waals surface area contributed by atoms with Gasteiger partial charge in [0.1, 0.15) is 11.4 Å². The molecule has 2 aromatic rings. The summed E-state index contributed by atoms with van der Waals surface area (Å²) >= 11 is 3.48. The third-order valence-corrected chi connectivity index (χ3v) is 4.95. The Kier molecular flexibility index (Phi) is 3.95. The van der Waals surface area contributed by atoms with Gasteiger partial charge in [0.15, 0.2) is 0 Å². The van der Waals surface area contributed by atoms with Gasteiger partial charge in [-0.1, -0.05) is 12.1 Å². The molecule has 0 aromatic heterocycles. The average Bonchev–Trinajstić information content (AvgIpc) is 2.61. The number of carbonyl (C=O) groups excluding carboxylic acids is 1. The molecule has 2 aromatic carbocycles. The van der Waals surface area contributed by atoms with Crippen molar-refractivity contribution in [2.45, 2.75) is 19.4 Å². The molecular formula is C18H17BrFN3O. The second kappa shape index (κ2) is 5.70. The van der Waals surface area contributed by atoms with Crippen molar-refractivity contribution in [1.82, 2.24) is 0 Å². The molecule has 1 aliphatic heterocycles. The number of carbonyl (C=O) groups is 1. The second-order valence-corrected chi connectivity index (χ2v) is 7.02. The fraction of sp³-hybridized carbons (Fsp3) is 0.222. The second-order valence-electron chi connectivity index (χ2n) is 6.23. The molecule has 1 aliphatic rings. The number of aliphatic imine (C=N–C) groups is 1. The fourth-order valence-electron chi connectivity index (χ4n) is 2.84. The number of hydrogen-bond donors (Lipinski definition) is 1. The van der Waals surface area contributed by atoms with Gasteiger partial charge in [-0.3, -0.25) is 9.79 Å². The molecule has 24 heavy (non-hydrogen) atoms. The van der Waals surface area contributed by atoms with Gasteiger partial charge >= 0.3 is 0 Å². The summed E-state index contributed by atoms with van der Waals surface area (Å²) in [5.74, 6) is -0.573. The van der Waals surface area contributed by atoms with Gasteiger partial charge in [0, 0.05) is 23.9 Å². The molecule has 0 bridgehead atoms. The molecule has 1 heterocycles. The zero-order valence-corrected chi connectivity index (χ0v) is 15.2. The van der Waals surface area contributed by atoms with Gasteiger partial charge in [-0.15, -0.1) is 0 Å². The first-order chi connectivity index (χ1) is 11.2. The Bertz CT molecular complexity index is 877. The van der Waals surface area contributed by atoms with Crippen LogP contribution in [0.2, 0.25) is 0 Å². The van der Waals surface area contributed by atoms with Crippen molar-refractivity contribution in [2.75, 3.05) is 17.7 Å². The monoisotopic (exact) mass is 389 g/mol. The van der Waals surface area contributed by atoms with Crippen LogP contribution < -0.4 is 10.6 Å². The zero-order valence-electron chi connectivity index (χ0n) is 13.6. The first-order valence-electron chi connectivity index (χ1n) is 7.45. The van der Waals surface area contributed by atoms with Gasteiger partial charge < -0.3 is 10.6 Å². The molecule has 1 amide bonds. The third-order valence-electron chi connectivity index (χ3n) is 4.10. The van der Waals surface area contributed by atoms with Crippen molar-refractivity contribution in [3.8, 4) is 0 Å². The summed E-state index contributed by atoms with van der Waals surface area (Å²) < 4.78 is 15.0. The third kappa shape index (κ3) is 2.51. The summed E-state index contributed by atoms with van der Waals surface area (Å²) in [5.41, 5.74) is 7.48. The summed E-state index contributed by atoms with van der Waals surface area (Å²) in [5, 5.41) is 0. The van der Waals surface area contributed by atoms with E-state index in [-0.39, 0.29) is 5.91 Å². The van der Waals surface area contributed by atoms with Gasteiger partial charge in [-0.2, -0.15) is 0 Å².